The van der Waals surface area contributed by atoms with E-state index in [-0.39, 0.29) is 5.16 Å². The van der Waals surface area contributed by atoms with Crippen LogP contribution in [0.15, 0.2) is 0 Å². The molecule has 1 radical (unpaired) electrons. The Labute approximate surface area is 171 Å². The molecular formula is C16H45O4Si6. The zero-order valence-corrected chi connectivity index (χ0v) is 26.1. The highest BCUT2D eigenvalue weighted by Gasteiger charge is 2.59. The Balaban J connectivity index is 6.03. The first-order chi connectivity index (χ1) is 11.3. The van der Waals surface area contributed by atoms with E-state index in [0.717, 1.165) is 6.42 Å². The predicted octanol–water partition coefficient (Wildman–Crippen LogP) is 5.29. The highest BCUT2D eigenvalue weighted by Crippen LogP contribution is 2.40. The largest absolute Gasteiger partial charge is 0.471 e. The molecule has 0 saturated heterocycles. The second kappa shape index (κ2) is 9.76. The molecular weight excluding hydrogens is 425 g/mol. The Hall–Kier alpha value is 1.14. The quantitative estimate of drug-likeness (QED) is 0.287. The van der Waals surface area contributed by atoms with Crippen LogP contribution < -0.4 is 0 Å². The molecule has 0 aliphatic carbocycles. The lowest BCUT2D eigenvalue weighted by molar-refractivity contribution is 0.245. The molecule has 0 aromatic rings. The van der Waals surface area contributed by atoms with E-state index in [1.807, 2.05) is 0 Å². The Morgan fingerprint density at radius 2 is 1.08 bits per heavy atom. The van der Waals surface area contributed by atoms with Crippen LogP contribution in [-0.2, 0) is 16.5 Å². The molecule has 0 bridgehead atoms. The maximum atomic E-state index is 6.89. The summed E-state index contributed by atoms with van der Waals surface area (Å²) in [6.07, 6.45) is 1.09. The van der Waals surface area contributed by atoms with Gasteiger partial charge in [0, 0.05) is 5.16 Å². The zero-order valence-electron chi connectivity index (χ0n) is 19.7. The Kier molecular flexibility index (Phi) is 10.2. The summed E-state index contributed by atoms with van der Waals surface area (Å²) in [5.41, 5.74) is 0. The van der Waals surface area contributed by atoms with E-state index in [4.69, 9.17) is 16.5 Å². The van der Waals surface area contributed by atoms with Gasteiger partial charge in [-0.25, -0.2) is 0 Å². The molecule has 0 spiro atoms. The van der Waals surface area contributed by atoms with Gasteiger partial charge < -0.3 is 16.5 Å². The summed E-state index contributed by atoms with van der Waals surface area (Å²) in [6, 6.07) is 2.34. The van der Waals surface area contributed by atoms with Crippen LogP contribution in [0, 0.1) is 6.04 Å². The summed E-state index contributed by atoms with van der Waals surface area (Å²) < 4.78 is 27.2. The van der Waals surface area contributed by atoms with Crippen molar-refractivity contribution in [3.05, 3.63) is 6.04 Å². The Bertz CT molecular complexity index is 385. The topological polar surface area (TPSA) is 36.9 Å². The molecule has 0 aliphatic heterocycles. The van der Waals surface area contributed by atoms with Gasteiger partial charge in [-0.1, -0.05) is 20.3 Å². The molecule has 0 saturated carbocycles. The minimum atomic E-state index is -2.87. The van der Waals surface area contributed by atoms with Crippen molar-refractivity contribution in [2.45, 2.75) is 97.4 Å². The number of rotatable bonds is 12. The molecule has 0 aliphatic rings. The lowest BCUT2D eigenvalue weighted by Crippen LogP contribution is -2.67. The van der Waals surface area contributed by atoms with Crippen molar-refractivity contribution in [3.8, 4) is 0 Å². The van der Waals surface area contributed by atoms with Crippen molar-refractivity contribution in [1.82, 2.24) is 0 Å². The van der Waals surface area contributed by atoms with E-state index >= 15 is 0 Å². The second-order valence-electron chi connectivity index (χ2n) is 10.6. The molecule has 4 nitrogen and oxygen atoms in total. The molecule has 0 aromatic carbocycles. The monoisotopic (exact) mass is 469 g/mol. The molecule has 0 heterocycles. The van der Waals surface area contributed by atoms with Crippen molar-refractivity contribution in [2.75, 3.05) is 0 Å². The number of hydrogen-bond acceptors (Lipinski definition) is 4. The van der Waals surface area contributed by atoms with Crippen LogP contribution in [0.1, 0.15) is 20.3 Å². The third-order valence-corrected chi connectivity index (χ3v) is 25.3. The van der Waals surface area contributed by atoms with E-state index in [1.165, 1.54) is 0 Å². The van der Waals surface area contributed by atoms with Crippen molar-refractivity contribution in [2.24, 2.45) is 0 Å². The summed E-state index contributed by atoms with van der Waals surface area (Å²) in [7, 11) is -11.0. The van der Waals surface area contributed by atoms with Gasteiger partial charge in [0.25, 0.3) is 0 Å². The van der Waals surface area contributed by atoms with E-state index < -0.39 is 51.8 Å². The Morgan fingerprint density at radius 1 is 0.731 bits per heavy atom. The average Bonchev–Trinajstić information content (AvgIpc) is 2.31. The minimum absolute atomic E-state index is 0.234. The number of hydrogen-bond donors (Lipinski definition) is 0. The van der Waals surface area contributed by atoms with Crippen LogP contribution in [0.5, 0.6) is 0 Å². The Morgan fingerprint density at radius 3 is 1.35 bits per heavy atom. The molecule has 10 heteroatoms. The first-order valence-corrected chi connectivity index (χ1v) is 26.3. The fraction of sp³-hybridized carbons (Fsp3) is 0.938. The molecule has 1 atom stereocenters. The van der Waals surface area contributed by atoms with Gasteiger partial charge in [-0.05, 0) is 78.1 Å². The van der Waals surface area contributed by atoms with Crippen LogP contribution in [0.25, 0.3) is 0 Å². The third-order valence-electron chi connectivity index (χ3n) is 3.78. The van der Waals surface area contributed by atoms with Crippen molar-refractivity contribution in [1.29, 1.82) is 0 Å². The van der Waals surface area contributed by atoms with Crippen LogP contribution in [0.2, 0.25) is 77.2 Å². The first-order valence-electron chi connectivity index (χ1n) is 9.90. The first kappa shape index (κ1) is 27.1. The molecule has 0 rings (SSSR count). The van der Waals surface area contributed by atoms with Crippen molar-refractivity contribution < 1.29 is 16.5 Å². The average molecular weight is 470 g/mol. The summed E-state index contributed by atoms with van der Waals surface area (Å²) in [4.78, 5) is 0. The fourth-order valence-corrected chi connectivity index (χ4v) is 25.7. The molecule has 0 aromatic heterocycles. The van der Waals surface area contributed by atoms with E-state index in [9.17, 15) is 0 Å². The van der Waals surface area contributed by atoms with Gasteiger partial charge in [-0.3, -0.25) is 0 Å². The van der Waals surface area contributed by atoms with E-state index in [0.29, 0.717) is 0 Å². The zero-order chi connectivity index (χ0) is 21.0. The lowest BCUT2D eigenvalue weighted by Gasteiger charge is -2.49. The van der Waals surface area contributed by atoms with E-state index in [1.54, 1.807) is 0 Å². The molecule has 26 heavy (non-hydrogen) atoms. The van der Waals surface area contributed by atoms with Gasteiger partial charge in [-0.2, -0.15) is 0 Å². The van der Waals surface area contributed by atoms with Gasteiger partial charge in [-0.15, -0.1) is 0 Å². The normalized spacial score (nSPS) is 16.5. The maximum absolute atomic E-state index is 6.89. The second-order valence-corrected chi connectivity index (χ2v) is 34.5. The summed E-state index contributed by atoms with van der Waals surface area (Å²) in [6.45, 7) is 29.4. The predicted molar refractivity (Wildman–Crippen MR) is 130 cm³/mol. The lowest BCUT2D eigenvalue weighted by atomic mass is 10.6. The highest BCUT2D eigenvalue weighted by molar-refractivity contribution is 6.98. The van der Waals surface area contributed by atoms with Gasteiger partial charge in [0.15, 0.2) is 33.3 Å². The minimum Gasteiger partial charge on any atom is -0.460 e. The SMILES string of the molecule is CC[CH][SiH2]O[Si](C)(C)C(C)[Si](O[Si](C)(C)C)(O[Si](C)(C)C)O[Si](C)(C)C. The van der Waals surface area contributed by atoms with Crippen molar-refractivity contribution in [3.63, 3.8) is 0 Å². The van der Waals surface area contributed by atoms with Crippen LogP contribution in [0.4, 0.5) is 0 Å². The molecule has 0 amide bonds. The van der Waals surface area contributed by atoms with Crippen LogP contribution in [-0.4, -0.2) is 51.8 Å². The van der Waals surface area contributed by atoms with Gasteiger partial charge in [0.1, 0.15) is 9.76 Å². The summed E-state index contributed by atoms with van der Waals surface area (Å²) in [5.74, 6) is 0. The molecule has 0 fully saturated rings. The standard InChI is InChI=1S/C16H45O4Si6/c1-14-15-21-17-25(12,13)16(2)26(18-22(3,4)5,19-23(6,7)8)20-24(9,10)11/h15-16H,14,21H2,1-13H3. The van der Waals surface area contributed by atoms with Crippen LogP contribution in [0.3, 0.4) is 0 Å². The highest BCUT2D eigenvalue weighted by atomic mass is 28.5. The summed E-state index contributed by atoms with van der Waals surface area (Å²) >= 11 is 0. The van der Waals surface area contributed by atoms with Gasteiger partial charge in [0.05, 0.1) is 0 Å². The maximum Gasteiger partial charge on any atom is 0.471 e. The van der Waals surface area contributed by atoms with Gasteiger partial charge in [0.2, 0.25) is 0 Å². The van der Waals surface area contributed by atoms with Crippen molar-refractivity contribution >= 4 is 51.8 Å². The van der Waals surface area contributed by atoms with Gasteiger partial charge >= 0.3 is 8.80 Å². The fourth-order valence-electron chi connectivity index (χ4n) is 2.55. The van der Waals surface area contributed by atoms with E-state index in [2.05, 4.69) is 91.9 Å². The third kappa shape index (κ3) is 10.6. The molecule has 0 N–H and O–H groups in total. The van der Waals surface area contributed by atoms with Crippen LogP contribution >= 0.6 is 0 Å². The molecule has 157 valence electrons. The summed E-state index contributed by atoms with van der Waals surface area (Å²) in [5, 5.41) is 0.234. The molecule has 1 unspecified atom stereocenters. The smallest absolute Gasteiger partial charge is 0.460 e.